The quantitative estimate of drug-likeness (QED) is 0.213. The molecule has 2 aromatic rings. The zero-order valence-electron chi connectivity index (χ0n) is 13.0. The number of anilines is 1. The van der Waals surface area contributed by atoms with E-state index in [0.29, 0.717) is 0 Å². The van der Waals surface area contributed by atoms with Gasteiger partial charge in [-0.05, 0) is 12.1 Å². The van der Waals surface area contributed by atoms with Gasteiger partial charge in [0.15, 0.2) is 11.7 Å². The summed E-state index contributed by atoms with van der Waals surface area (Å²) in [6.45, 7) is 0.316. The molecule has 0 bridgehead atoms. The molecular formula is C13H14F3IN6O3. The number of nitrogens with two attached hydrogens (primary N) is 1. The number of aliphatic imine (C=N–C) groups is 1. The monoisotopic (exact) mass is 486 g/mol. The molecule has 0 unspecified atom stereocenters. The Morgan fingerprint density at radius 1 is 1.42 bits per heavy atom. The van der Waals surface area contributed by atoms with E-state index in [1.165, 1.54) is 29.1 Å². The Bertz CT molecular complexity index is 780. The van der Waals surface area contributed by atoms with E-state index in [4.69, 9.17) is 5.73 Å². The first-order chi connectivity index (χ1) is 11.7. The molecule has 0 saturated heterocycles. The van der Waals surface area contributed by atoms with Crippen LogP contribution < -0.4 is 15.8 Å². The van der Waals surface area contributed by atoms with Gasteiger partial charge in [-0.25, -0.2) is 0 Å². The number of halogens is 4. The Hall–Kier alpha value is -2.58. The molecule has 3 N–H and O–H groups in total. The van der Waals surface area contributed by atoms with Gasteiger partial charge in [-0.2, -0.15) is 5.10 Å². The van der Waals surface area contributed by atoms with Gasteiger partial charge >= 0.3 is 12.0 Å². The van der Waals surface area contributed by atoms with E-state index in [2.05, 4.69) is 20.1 Å². The van der Waals surface area contributed by atoms with Crippen molar-refractivity contribution in [3.8, 4) is 5.75 Å². The molecule has 0 fully saturated rings. The van der Waals surface area contributed by atoms with E-state index in [9.17, 15) is 23.3 Å². The summed E-state index contributed by atoms with van der Waals surface area (Å²) in [5.41, 5.74) is 5.46. The summed E-state index contributed by atoms with van der Waals surface area (Å²) in [6, 6.07) is 5.36. The zero-order valence-corrected chi connectivity index (χ0v) is 15.3. The Kier molecular flexibility index (Phi) is 7.60. The van der Waals surface area contributed by atoms with E-state index < -0.39 is 17.0 Å². The van der Waals surface area contributed by atoms with Gasteiger partial charge in [0, 0.05) is 0 Å². The number of hydrogen-bond acceptors (Lipinski definition) is 5. The van der Waals surface area contributed by atoms with Gasteiger partial charge in [-0.15, -0.1) is 37.1 Å². The van der Waals surface area contributed by atoms with Crippen LogP contribution in [0, 0.1) is 10.1 Å². The lowest BCUT2D eigenvalue weighted by molar-refractivity contribution is -0.385. The largest absolute Gasteiger partial charge is 0.573 e. The molecule has 2 rings (SSSR count). The minimum Gasteiger partial charge on any atom is -0.404 e. The third-order valence-electron chi connectivity index (χ3n) is 2.82. The molecule has 0 saturated carbocycles. The minimum absolute atomic E-state index is 0. The standard InChI is InChI=1S/C13H13F3N6O3.HI/c14-13(15,16)25-11-4-2-1-3-10(11)20-12(17)18-5-6-21-8-9(7-19-21)22(23)24;/h1-4,7-8H,5-6H2,(H3,17,18,20);1H. The third kappa shape index (κ3) is 6.73. The number of ether oxygens (including phenoxy) is 1. The second kappa shape index (κ2) is 9.21. The number of benzene rings is 1. The summed E-state index contributed by atoms with van der Waals surface area (Å²) in [5.74, 6) is -0.587. The molecule has 0 amide bonds. The van der Waals surface area contributed by atoms with Gasteiger partial charge in [0.25, 0.3) is 0 Å². The highest BCUT2D eigenvalue weighted by Crippen LogP contribution is 2.29. The maximum atomic E-state index is 12.3. The fraction of sp³-hybridized carbons (Fsp3) is 0.231. The first kappa shape index (κ1) is 21.5. The second-order valence-corrected chi connectivity index (χ2v) is 4.65. The predicted molar refractivity (Wildman–Crippen MR) is 97.5 cm³/mol. The lowest BCUT2D eigenvalue weighted by Crippen LogP contribution is -2.25. The van der Waals surface area contributed by atoms with Crippen LogP contribution in [-0.2, 0) is 6.54 Å². The molecule has 0 atom stereocenters. The molecule has 0 aliphatic rings. The van der Waals surface area contributed by atoms with Crippen molar-refractivity contribution in [2.75, 3.05) is 11.9 Å². The smallest absolute Gasteiger partial charge is 0.404 e. The molecule has 0 aliphatic heterocycles. The normalized spacial score (nSPS) is 11.6. The maximum absolute atomic E-state index is 12.3. The van der Waals surface area contributed by atoms with Crippen molar-refractivity contribution in [2.45, 2.75) is 12.9 Å². The average molecular weight is 486 g/mol. The van der Waals surface area contributed by atoms with Crippen LogP contribution in [0.5, 0.6) is 5.75 Å². The van der Waals surface area contributed by atoms with Gasteiger partial charge in [0.05, 0.1) is 23.7 Å². The van der Waals surface area contributed by atoms with E-state index in [1.807, 2.05) is 0 Å². The van der Waals surface area contributed by atoms with Gasteiger partial charge in [0.2, 0.25) is 0 Å². The van der Waals surface area contributed by atoms with E-state index in [-0.39, 0.29) is 54.4 Å². The molecule has 142 valence electrons. The second-order valence-electron chi connectivity index (χ2n) is 4.65. The molecule has 0 radical (unpaired) electrons. The number of nitro groups is 1. The summed E-state index contributed by atoms with van der Waals surface area (Å²) in [7, 11) is 0. The Morgan fingerprint density at radius 3 is 2.73 bits per heavy atom. The van der Waals surface area contributed by atoms with Crippen LogP contribution in [0.2, 0.25) is 0 Å². The molecule has 0 aliphatic carbocycles. The van der Waals surface area contributed by atoms with Crippen molar-refractivity contribution in [1.82, 2.24) is 9.78 Å². The predicted octanol–water partition coefficient (Wildman–Crippen LogP) is 2.73. The number of nitrogens with zero attached hydrogens (tertiary/aromatic N) is 4. The number of guanidine groups is 1. The van der Waals surface area contributed by atoms with Crippen LogP contribution in [0.3, 0.4) is 0 Å². The molecule has 0 spiro atoms. The summed E-state index contributed by atoms with van der Waals surface area (Å²) in [4.78, 5) is 13.9. The number of nitrogens with one attached hydrogen (secondary N) is 1. The van der Waals surface area contributed by atoms with Crippen LogP contribution in [0.1, 0.15) is 0 Å². The maximum Gasteiger partial charge on any atom is 0.573 e. The van der Waals surface area contributed by atoms with Crippen molar-refractivity contribution in [1.29, 1.82) is 0 Å². The summed E-state index contributed by atoms with van der Waals surface area (Å²) in [5, 5.41) is 16.8. The molecule has 1 heterocycles. The highest BCUT2D eigenvalue weighted by molar-refractivity contribution is 14.0. The highest BCUT2D eigenvalue weighted by Gasteiger charge is 2.32. The Balaban J connectivity index is 0.00000338. The van der Waals surface area contributed by atoms with Crippen molar-refractivity contribution >= 4 is 41.3 Å². The number of alkyl halides is 3. The first-order valence-corrected chi connectivity index (χ1v) is 6.83. The fourth-order valence-electron chi connectivity index (χ4n) is 1.80. The summed E-state index contributed by atoms with van der Waals surface area (Å²) in [6.07, 6.45) is -2.51. The van der Waals surface area contributed by atoms with Crippen LogP contribution >= 0.6 is 24.0 Å². The fourth-order valence-corrected chi connectivity index (χ4v) is 1.80. The minimum atomic E-state index is -4.83. The van der Waals surface area contributed by atoms with Crippen LogP contribution in [0.4, 0.5) is 24.5 Å². The number of aromatic nitrogens is 2. The highest BCUT2D eigenvalue weighted by atomic mass is 127. The molecule has 1 aromatic heterocycles. The lowest BCUT2D eigenvalue weighted by atomic mass is 10.3. The van der Waals surface area contributed by atoms with Crippen LogP contribution in [-0.4, -0.2) is 33.6 Å². The topological polar surface area (TPSA) is 121 Å². The summed E-state index contributed by atoms with van der Waals surface area (Å²) < 4.78 is 42.2. The Morgan fingerprint density at radius 2 is 2.12 bits per heavy atom. The molecule has 13 heteroatoms. The number of hydrogen-bond donors (Lipinski definition) is 2. The third-order valence-corrected chi connectivity index (χ3v) is 2.82. The van der Waals surface area contributed by atoms with Crippen molar-refractivity contribution < 1.29 is 22.8 Å². The molecule has 26 heavy (non-hydrogen) atoms. The van der Waals surface area contributed by atoms with Gasteiger partial charge in [-0.3, -0.25) is 19.8 Å². The van der Waals surface area contributed by atoms with E-state index in [0.717, 1.165) is 12.3 Å². The number of rotatable bonds is 6. The van der Waals surface area contributed by atoms with Gasteiger partial charge in [0.1, 0.15) is 12.4 Å². The van der Waals surface area contributed by atoms with Crippen LogP contribution in [0.25, 0.3) is 0 Å². The van der Waals surface area contributed by atoms with Crippen molar-refractivity contribution in [3.63, 3.8) is 0 Å². The van der Waals surface area contributed by atoms with Gasteiger partial charge in [-0.1, -0.05) is 12.1 Å². The zero-order chi connectivity index (χ0) is 18.4. The molecular weight excluding hydrogens is 472 g/mol. The average Bonchev–Trinajstić information content (AvgIpc) is 2.97. The summed E-state index contributed by atoms with van der Waals surface area (Å²) >= 11 is 0. The Labute approximate surface area is 162 Å². The van der Waals surface area contributed by atoms with Crippen LogP contribution in [0.15, 0.2) is 41.7 Å². The van der Waals surface area contributed by atoms with Crippen molar-refractivity contribution in [3.05, 3.63) is 46.8 Å². The van der Waals surface area contributed by atoms with Crippen molar-refractivity contribution in [2.24, 2.45) is 10.7 Å². The number of para-hydroxylation sites is 2. The molecule has 1 aromatic carbocycles. The molecule has 9 nitrogen and oxygen atoms in total. The lowest BCUT2D eigenvalue weighted by Gasteiger charge is -2.14. The first-order valence-electron chi connectivity index (χ1n) is 6.83. The van der Waals surface area contributed by atoms with E-state index >= 15 is 0 Å². The SMILES string of the molecule is I.NC(=NCCn1cc([N+](=O)[O-])cn1)Nc1ccccc1OC(F)(F)F. The van der Waals surface area contributed by atoms with E-state index in [1.54, 1.807) is 0 Å². The van der Waals surface area contributed by atoms with Gasteiger partial charge < -0.3 is 15.8 Å².